The molecule has 1 N–H and O–H groups in total. The first kappa shape index (κ1) is 12.4. The molecule has 0 radical (unpaired) electrons. The minimum absolute atomic E-state index is 0.125. The van der Waals surface area contributed by atoms with Crippen molar-refractivity contribution in [3.05, 3.63) is 24.3 Å². The first-order valence-corrected chi connectivity index (χ1v) is 5.79. The number of rotatable bonds is 3. The molecular weight excluding hydrogens is 234 g/mol. The van der Waals surface area contributed by atoms with E-state index < -0.39 is 11.5 Å². The molecule has 96 valence electrons. The number of hydrogen-bond donors (Lipinski definition) is 1. The summed E-state index contributed by atoms with van der Waals surface area (Å²) in [5.74, 6) is -0.812. The smallest absolute Gasteiger partial charge is 0.329 e. The van der Waals surface area contributed by atoms with Crippen LogP contribution in [0.15, 0.2) is 24.3 Å². The maximum Gasteiger partial charge on any atom is 0.329 e. The molecule has 0 spiro atoms. The highest BCUT2D eigenvalue weighted by Crippen LogP contribution is 2.37. The van der Waals surface area contributed by atoms with Gasteiger partial charge in [-0.25, -0.2) is 4.79 Å². The van der Waals surface area contributed by atoms with Crippen LogP contribution in [0.5, 0.6) is 5.75 Å². The monoisotopic (exact) mass is 249 g/mol. The molecule has 0 aliphatic carbocycles. The lowest BCUT2D eigenvalue weighted by molar-refractivity contribution is -0.145. The minimum Gasteiger partial charge on any atom is -0.482 e. The third kappa shape index (κ3) is 1.72. The zero-order valence-corrected chi connectivity index (χ0v) is 10.3. The Morgan fingerprint density at radius 3 is 2.78 bits per heavy atom. The van der Waals surface area contributed by atoms with Crippen molar-refractivity contribution in [1.82, 2.24) is 0 Å². The second-order valence-corrected chi connectivity index (χ2v) is 4.42. The van der Waals surface area contributed by atoms with E-state index in [0.29, 0.717) is 17.9 Å². The highest BCUT2D eigenvalue weighted by Gasteiger charge is 2.44. The number of ether oxygens (including phenoxy) is 1. The van der Waals surface area contributed by atoms with Gasteiger partial charge in [-0.05, 0) is 25.5 Å². The molecule has 1 unspecified atom stereocenters. The predicted octanol–water partition coefficient (Wildman–Crippen LogP) is 1.67. The van der Waals surface area contributed by atoms with Crippen LogP contribution in [0.2, 0.25) is 0 Å². The van der Waals surface area contributed by atoms with Crippen LogP contribution in [0.25, 0.3) is 0 Å². The molecule has 0 fully saturated rings. The summed E-state index contributed by atoms with van der Waals surface area (Å²) < 4.78 is 5.30. The van der Waals surface area contributed by atoms with E-state index in [1.165, 1.54) is 4.90 Å². The number of carbonyl (C=O) groups is 2. The van der Waals surface area contributed by atoms with Crippen molar-refractivity contribution in [3.63, 3.8) is 0 Å². The van der Waals surface area contributed by atoms with Gasteiger partial charge in [0.15, 0.2) is 6.61 Å². The van der Waals surface area contributed by atoms with Gasteiger partial charge in [0.2, 0.25) is 0 Å². The van der Waals surface area contributed by atoms with E-state index in [9.17, 15) is 14.7 Å². The first-order chi connectivity index (χ1) is 8.50. The summed E-state index contributed by atoms with van der Waals surface area (Å²) >= 11 is 0. The number of carboxylic acid groups (broad SMARTS) is 1. The molecule has 18 heavy (non-hydrogen) atoms. The molecule has 1 atom stereocenters. The second-order valence-electron chi connectivity index (χ2n) is 4.42. The molecule has 0 saturated carbocycles. The molecule has 0 saturated heterocycles. The van der Waals surface area contributed by atoms with Gasteiger partial charge < -0.3 is 9.84 Å². The van der Waals surface area contributed by atoms with Crippen molar-refractivity contribution in [2.45, 2.75) is 25.8 Å². The number of hydrogen-bond acceptors (Lipinski definition) is 3. The van der Waals surface area contributed by atoms with Gasteiger partial charge in [-0.2, -0.15) is 0 Å². The van der Waals surface area contributed by atoms with Crippen LogP contribution < -0.4 is 9.64 Å². The Balaban J connectivity index is 2.56. The van der Waals surface area contributed by atoms with Crippen molar-refractivity contribution >= 4 is 17.6 Å². The Morgan fingerprint density at radius 1 is 1.50 bits per heavy atom. The lowest BCUT2D eigenvalue weighted by atomic mass is 9.94. The van der Waals surface area contributed by atoms with Crippen LogP contribution >= 0.6 is 0 Å². The Hall–Kier alpha value is -2.04. The molecule has 1 amide bonds. The highest BCUT2D eigenvalue weighted by atomic mass is 16.5. The number of nitrogens with zero attached hydrogens (tertiary/aromatic N) is 1. The molecule has 1 aromatic carbocycles. The number of anilines is 1. The molecule has 2 rings (SSSR count). The van der Waals surface area contributed by atoms with Crippen molar-refractivity contribution in [2.75, 3.05) is 11.5 Å². The van der Waals surface area contributed by atoms with Gasteiger partial charge in [0.1, 0.15) is 11.3 Å². The van der Waals surface area contributed by atoms with Gasteiger partial charge in [0.05, 0.1) is 5.69 Å². The zero-order valence-electron chi connectivity index (χ0n) is 10.3. The summed E-state index contributed by atoms with van der Waals surface area (Å²) in [7, 11) is 0. The topological polar surface area (TPSA) is 66.8 Å². The molecule has 0 bridgehead atoms. The van der Waals surface area contributed by atoms with Gasteiger partial charge >= 0.3 is 5.97 Å². The van der Waals surface area contributed by atoms with E-state index in [-0.39, 0.29) is 12.5 Å². The number of aliphatic carboxylic acids is 1. The highest BCUT2D eigenvalue weighted by molar-refractivity contribution is 6.04. The quantitative estimate of drug-likeness (QED) is 0.884. The van der Waals surface area contributed by atoms with Crippen molar-refractivity contribution in [1.29, 1.82) is 0 Å². The van der Waals surface area contributed by atoms with E-state index in [1.807, 2.05) is 0 Å². The summed E-state index contributed by atoms with van der Waals surface area (Å²) in [4.78, 5) is 24.8. The van der Waals surface area contributed by atoms with Crippen LogP contribution in [0.3, 0.4) is 0 Å². The van der Waals surface area contributed by atoms with Crippen molar-refractivity contribution in [3.8, 4) is 5.75 Å². The van der Waals surface area contributed by atoms with Gasteiger partial charge in [0.25, 0.3) is 5.91 Å². The Bertz CT molecular complexity index is 500. The Kier molecular flexibility index (Phi) is 2.98. The van der Waals surface area contributed by atoms with Gasteiger partial charge in [-0.1, -0.05) is 19.1 Å². The molecule has 1 aromatic rings. The second kappa shape index (κ2) is 4.33. The number of para-hydroxylation sites is 2. The van der Waals surface area contributed by atoms with Crippen LogP contribution in [-0.2, 0) is 9.59 Å². The minimum atomic E-state index is -1.25. The Morgan fingerprint density at radius 2 is 2.17 bits per heavy atom. The summed E-state index contributed by atoms with van der Waals surface area (Å²) in [5, 5.41) is 9.39. The van der Waals surface area contributed by atoms with E-state index in [0.717, 1.165) is 0 Å². The SMILES string of the molecule is CCC(C)(C(=O)O)N1C(=O)COc2ccccc21. The van der Waals surface area contributed by atoms with Crippen LogP contribution in [0.1, 0.15) is 20.3 Å². The van der Waals surface area contributed by atoms with Crippen LogP contribution in [0, 0.1) is 0 Å². The predicted molar refractivity (Wildman–Crippen MR) is 65.8 cm³/mol. The third-order valence-electron chi connectivity index (χ3n) is 3.35. The van der Waals surface area contributed by atoms with Crippen LogP contribution in [0.4, 0.5) is 5.69 Å². The van der Waals surface area contributed by atoms with Gasteiger partial charge in [-0.3, -0.25) is 9.69 Å². The summed E-state index contributed by atoms with van der Waals surface area (Å²) in [5.41, 5.74) is -0.739. The molecule has 1 aliphatic rings. The van der Waals surface area contributed by atoms with E-state index >= 15 is 0 Å². The zero-order chi connectivity index (χ0) is 13.3. The van der Waals surface area contributed by atoms with Crippen molar-refractivity contribution < 1.29 is 19.4 Å². The summed E-state index contributed by atoms with van der Waals surface area (Å²) in [6.07, 6.45) is 0.322. The maximum atomic E-state index is 12.0. The average Bonchev–Trinajstić information content (AvgIpc) is 2.37. The molecule has 1 heterocycles. The fourth-order valence-electron chi connectivity index (χ4n) is 2.05. The van der Waals surface area contributed by atoms with Crippen molar-refractivity contribution in [2.24, 2.45) is 0 Å². The summed E-state index contributed by atoms with van der Waals surface area (Å²) in [6.45, 7) is 3.18. The summed E-state index contributed by atoms with van der Waals surface area (Å²) in [6, 6.07) is 6.97. The fourth-order valence-corrected chi connectivity index (χ4v) is 2.05. The van der Waals surface area contributed by atoms with Crippen LogP contribution in [-0.4, -0.2) is 29.1 Å². The first-order valence-electron chi connectivity index (χ1n) is 5.79. The molecule has 1 aliphatic heterocycles. The molecule has 0 aromatic heterocycles. The van der Waals surface area contributed by atoms with Gasteiger partial charge in [-0.15, -0.1) is 0 Å². The lowest BCUT2D eigenvalue weighted by Gasteiger charge is -2.40. The van der Waals surface area contributed by atoms with Gasteiger partial charge in [0, 0.05) is 0 Å². The number of carbonyl (C=O) groups excluding carboxylic acids is 1. The number of fused-ring (bicyclic) bond motifs is 1. The largest absolute Gasteiger partial charge is 0.482 e. The Labute approximate surface area is 105 Å². The third-order valence-corrected chi connectivity index (χ3v) is 3.35. The standard InChI is InChI=1S/C13H15NO4/c1-3-13(2,12(16)17)14-9-6-4-5-7-10(9)18-8-11(14)15/h4-7H,3,8H2,1-2H3,(H,16,17). The number of amides is 1. The normalized spacial score (nSPS) is 17.7. The van der Waals surface area contributed by atoms with E-state index in [4.69, 9.17) is 4.74 Å². The van der Waals surface area contributed by atoms with E-state index in [2.05, 4.69) is 0 Å². The average molecular weight is 249 g/mol. The fraction of sp³-hybridized carbons (Fsp3) is 0.385. The maximum absolute atomic E-state index is 12.0. The van der Waals surface area contributed by atoms with E-state index in [1.54, 1.807) is 38.1 Å². The number of carboxylic acids is 1. The molecule has 5 nitrogen and oxygen atoms in total. The lowest BCUT2D eigenvalue weighted by Crippen LogP contribution is -2.57. The molecule has 5 heteroatoms. The number of benzene rings is 1. The molecular formula is C13H15NO4.